The van der Waals surface area contributed by atoms with Gasteiger partial charge >= 0.3 is 0 Å². The monoisotopic (exact) mass is 277 g/mol. The summed E-state index contributed by atoms with van der Waals surface area (Å²) >= 11 is 0. The first kappa shape index (κ1) is 16.5. The van der Waals surface area contributed by atoms with E-state index in [0.29, 0.717) is 18.2 Å². The van der Waals surface area contributed by atoms with Crippen molar-refractivity contribution in [3.05, 3.63) is 24.0 Å². The largest absolute Gasteiger partial charge is 0.384 e. The summed E-state index contributed by atoms with van der Waals surface area (Å²) in [7, 11) is 0. The number of nitrogens with one attached hydrogen (secondary N) is 2. The minimum absolute atomic E-state index is 0.108. The summed E-state index contributed by atoms with van der Waals surface area (Å²) in [6.07, 6.45) is 2.77. The lowest BCUT2D eigenvalue weighted by molar-refractivity contribution is 0.0932. The van der Waals surface area contributed by atoms with Gasteiger partial charge < -0.3 is 10.6 Å². The van der Waals surface area contributed by atoms with Crippen LogP contribution in [0.1, 0.15) is 51.5 Å². The zero-order valence-electron chi connectivity index (χ0n) is 13.3. The number of rotatable bonds is 6. The van der Waals surface area contributed by atoms with Crippen molar-refractivity contribution in [1.82, 2.24) is 10.3 Å². The van der Waals surface area contributed by atoms with E-state index in [1.807, 2.05) is 6.07 Å². The molecule has 1 amide bonds. The molecule has 0 aliphatic carbocycles. The Balaban J connectivity index is 2.51. The van der Waals surface area contributed by atoms with Crippen molar-refractivity contribution in [3.63, 3.8) is 0 Å². The molecule has 0 spiro atoms. The van der Waals surface area contributed by atoms with E-state index in [1.165, 1.54) is 0 Å². The minimum atomic E-state index is -0.108. The van der Waals surface area contributed by atoms with Gasteiger partial charge in [0.2, 0.25) is 0 Å². The molecular formula is C16H27N3O. The summed E-state index contributed by atoms with van der Waals surface area (Å²) in [5, 5.41) is 6.18. The first-order valence-corrected chi connectivity index (χ1v) is 7.32. The van der Waals surface area contributed by atoms with Crippen LogP contribution in [0, 0.1) is 11.3 Å². The van der Waals surface area contributed by atoms with Crippen LogP contribution in [0.4, 0.5) is 5.69 Å². The zero-order chi connectivity index (χ0) is 15.2. The van der Waals surface area contributed by atoms with Crippen LogP contribution in [-0.4, -0.2) is 24.0 Å². The highest BCUT2D eigenvalue weighted by molar-refractivity contribution is 5.92. The van der Waals surface area contributed by atoms with Gasteiger partial charge in [0.25, 0.3) is 5.91 Å². The normalized spacial score (nSPS) is 12.8. The smallest absolute Gasteiger partial charge is 0.269 e. The zero-order valence-corrected chi connectivity index (χ0v) is 13.3. The average molecular weight is 277 g/mol. The van der Waals surface area contributed by atoms with Gasteiger partial charge in [-0.3, -0.25) is 4.79 Å². The quantitative estimate of drug-likeness (QED) is 0.838. The molecular weight excluding hydrogens is 250 g/mol. The highest BCUT2D eigenvalue weighted by atomic mass is 16.1. The Bertz CT molecular complexity index is 420. The maximum absolute atomic E-state index is 12.0. The second kappa shape index (κ2) is 7.27. The standard InChI is InChI=1S/C16H27N3O/c1-6-9-17-13-7-8-14(18-11-13)15(20)19-10-12(2)16(3,4)5/h7-8,11-12,17H,6,9-10H2,1-5H3,(H,19,20). The fourth-order valence-corrected chi connectivity index (χ4v) is 1.54. The van der Waals surface area contributed by atoms with Crippen LogP contribution in [0.5, 0.6) is 0 Å². The van der Waals surface area contributed by atoms with Crippen LogP contribution in [0.25, 0.3) is 0 Å². The first-order valence-electron chi connectivity index (χ1n) is 7.32. The van der Waals surface area contributed by atoms with Crippen molar-refractivity contribution in [2.75, 3.05) is 18.4 Å². The molecule has 2 N–H and O–H groups in total. The number of amides is 1. The lowest BCUT2D eigenvalue weighted by atomic mass is 9.82. The van der Waals surface area contributed by atoms with Gasteiger partial charge in [-0.25, -0.2) is 4.98 Å². The van der Waals surface area contributed by atoms with Gasteiger partial charge in [-0.1, -0.05) is 34.6 Å². The topological polar surface area (TPSA) is 54.0 Å². The first-order chi connectivity index (χ1) is 9.34. The number of hydrogen-bond donors (Lipinski definition) is 2. The number of nitrogens with zero attached hydrogens (tertiary/aromatic N) is 1. The molecule has 0 bridgehead atoms. The van der Waals surface area contributed by atoms with E-state index in [9.17, 15) is 4.79 Å². The Morgan fingerprint density at radius 3 is 2.55 bits per heavy atom. The maximum atomic E-state index is 12.0. The van der Waals surface area contributed by atoms with E-state index in [0.717, 1.165) is 18.7 Å². The maximum Gasteiger partial charge on any atom is 0.269 e. The molecule has 0 saturated heterocycles. The van der Waals surface area contributed by atoms with Gasteiger partial charge in [0.05, 0.1) is 11.9 Å². The SMILES string of the molecule is CCCNc1ccc(C(=O)NCC(C)C(C)(C)C)nc1. The van der Waals surface area contributed by atoms with Crippen LogP contribution < -0.4 is 10.6 Å². The van der Waals surface area contributed by atoms with E-state index in [-0.39, 0.29) is 11.3 Å². The van der Waals surface area contributed by atoms with Crippen molar-refractivity contribution in [2.24, 2.45) is 11.3 Å². The minimum Gasteiger partial charge on any atom is -0.384 e. The number of anilines is 1. The lowest BCUT2D eigenvalue weighted by Gasteiger charge is -2.27. The van der Waals surface area contributed by atoms with Crippen molar-refractivity contribution in [3.8, 4) is 0 Å². The molecule has 0 fully saturated rings. The third-order valence-corrected chi connectivity index (χ3v) is 3.62. The molecule has 1 atom stereocenters. The Kier molecular flexibility index (Phi) is 5.99. The highest BCUT2D eigenvalue weighted by Gasteiger charge is 2.20. The van der Waals surface area contributed by atoms with Crippen molar-refractivity contribution < 1.29 is 4.79 Å². The number of carbonyl (C=O) groups excluding carboxylic acids is 1. The third kappa shape index (κ3) is 5.19. The average Bonchev–Trinajstić information content (AvgIpc) is 2.41. The molecule has 4 nitrogen and oxygen atoms in total. The summed E-state index contributed by atoms with van der Waals surface area (Å²) in [5.74, 6) is 0.306. The van der Waals surface area contributed by atoms with E-state index in [1.54, 1.807) is 12.3 Å². The van der Waals surface area contributed by atoms with E-state index in [2.05, 4.69) is 50.2 Å². The summed E-state index contributed by atoms with van der Waals surface area (Å²) in [6, 6.07) is 3.65. The molecule has 0 saturated carbocycles. The van der Waals surface area contributed by atoms with E-state index < -0.39 is 0 Å². The third-order valence-electron chi connectivity index (χ3n) is 3.62. The summed E-state index contributed by atoms with van der Waals surface area (Å²) in [5.41, 5.74) is 1.61. The highest BCUT2D eigenvalue weighted by Crippen LogP contribution is 2.24. The van der Waals surface area contributed by atoms with Crippen LogP contribution in [0.2, 0.25) is 0 Å². The van der Waals surface area contributed by atoms with Gasteiger partial charge in [-0.05, 0) is 29.9 Å². The molecule has 1 rings (SSSR count). The van der Waals surface area contributed by atoms with Gasteiger partial charge in [0.15, 0.2) is 0 Å². The molecule has 0 radical (unpaired) electrons. The Morgan fingerprint density at radius 2 is 2.05 bits per heavy atom. The molecule has 4 heteroatoms. The van der Waals surface area contributed by atoms with Crippen LogP contribution in [-0.2, 0) is 0 Å². The molecule has 112 valence electrons. The van der Waals surface area contributed by atoms with Gasteiger partial charge in [0, 0.05) is 13.1 Å². The second-order valence-corrected chi connectivity index (χ2v) is 6.34. The lowest BCUT2D eigenvalue weighted by Crippen LogP contribution is -2.34. The molecule has 1 heterocycles. The van der Waals surface area contributed by atoms with Crippen LogP contribution >= 0.6 is 0 Å². The van der Waals surface area contributed by atoms with Crippen LogP contribution in [0.3, 0.4) is 0 Å². The van der Waals surface area contributed by atoms with Gasteiger partial charge in [-0.15, -0.1) is 0 Å². The molecule has 1 aromatic rings. The molecule has 1 aromatic heterocycles. The summed E-state index contributed by atoms with van der Waals surface area (Å²) in [4.78, 5) is 16.2. The van der Waals surface area contributed by atoms with Gasteiger partial charge in [0.1, 0.15) is 5.69 Å². The fourth-order valence-electron chi connectivity index (χ4n) is 1.54. The molecule has 20 heavy (non-hydrogen) atoms. The molecule has 0 aliphatic rings. The van der Waals surface area contributed by atoms with Crippen LogP contribution in [0.15, 0.2) is 18.3 Å². The second-order valence-electron chi connectivity index (χ2n) is 6.34. The number of hydrogen-bond acceptors (Lipinski definition) is 3. The predicted molar refractivity (Wildman–Crippen MR) is 84.0 cm³/mol. The van der Waals surface area contributed by atoms with Gasteiger partial charge in [-0.2, -0.15) is 0 Å². The molecule has 0 aromatic carbocycles. The number of pyridine rings is 1. The van der Waals surface area contributed by atoms with E-state index >= 15 is 0 Å². The Hall–Kier alpha value is -1.58. The van der Waals surface area contributed by atoms with Crippen molar-refractivity contribution in [2.45, 2.75) is 41.0 Å². The Morgan fingerprint density at radius 1 is 1.35 bits per heavy atom. The molecule has 1 unspecified atom stereocenters. The summed E-state index contributed by atoms with van der Waals surface area (Å²) < 4.78 is 0. The van der Waals surface area contributed by atoms with Crippen molar-refractivity contribution in [1.29, 1.82) is 0 Å². The number of aromatic nitrogens is 1. The number of carbonyl (C=O) groups is 1. The Labute approximate surface area is 122 Å². The summed E-state index contributed by atoms with van der Waals surface area (Å²) in [6.45, 7) is 12.4. The fraction of sp³-hybridized carbons (Fsp3) is 0.625. The predicted octanol–water partition coefficient (Wildman–Crippen LogP) is 3.32. The van der Waals surface area contributed by atoms with Crippen molar-refractivity contribution >= 4 is 11.6 Å². The molecule has 0 aliphatic heterocycles. The van der Waals surface area contributed by atoms with E-state index in [4.69, 9.17) is 0 Å².